The number of aliphatic hydroxyl groups excluding tert-OH is 1. The Kier molecular flexibility index (Phi) is 2.75. The van der Waals surface area contributed by atoms with Crippen molar-refractivity contribution in [2.45, 2.75) is 18.4 Å². The SMILES string of the molecule is O=C(NC1(CO)CC1)c1ccc(-c2nn[nH]n2)cc1. The molecule has 1 aromatic heterocycles. The minimum atomic E-state index is -0.399. The Labute approximate surface area is 109 Å². The molecule has 7 nitrogen and oxygen atoms in total. The quantitative estimate of drug-likeness (QED) is 0.723. The molecular weight excluding hydrogens is 246 g/mol. The Hall–Kier alpha value is -2.28. The summed E-state index contributed by atoms with van der Waals surface area (Å²) in [5.41, 5.74) is 0.934. The highest BCUT2D eigenvalue weighted by atomic mass is 16.3. The third kappa shape index (κ3) is 2.32. The van der Waals surface area contributed by atoms with Crippen LogP contribution < -0.4 is 5.32 Å². The van der Waals surface area contributed by atoms with E-state index >= 15 is 0 Å². The number of carbonyl (C=O) groups is 1. The van der Waals surface area contributed by atoms with E-state index in [-0.39, 0.29) is 12.5 Å². The van der Waals surface area contributed by atoms with E-state index in [2.05, 4.69) is 25.9 Å². The average Bonchev–Trinajstić information content (AvgIpc) is 3.01. The largest absolute Gasteiger partial charge is 0.394 e. The van der Waals surface area contributed by atoms with Gasteiger partial charge in [0.05, 0.1) is 12.1 Å². The van der Waals surface area contributed by atoms with Gasteiger partial charge in [-0.25, -0.2) is 0 Å². The lowest BCUT2D eigenvalue weighted by Gasteiger charge is -2.14. The van der Waals surface area contributed by atoms with E-state index in [1.165, 1.54) is 0 Å². The van der Waals surface area contributed by atoms with Crippen molar-refractivity contribution in [3.8, 4) is 11.4 Å². The van der Waals surface area contributed by atoms with Crippen molar-refractivity contribution in [1.29, 1.82) is 0 Å². The molecule has 3 rings (SSSR count). The fourth-order valence-corrected chi connectivity index (χ4v) is 1.84. The molecule has 0 spiro atoms. The van der Waals surface area contributed by atoms with Crippen LogP contribution >= 0.6 is 0 Å². The lowest BCUT2D eigenvalue weighted by atomic mass is 10.1. The zero-order valence-corrected chi connectivity index (χ0v) is 10.1. The lowest BCUT2D eigenvalue weighted by molar-refractivity contribution is 0.0907. The van der Waals surface area contributed by atoms with Crippen LogP contribution in [0.25, 0.3) is 11.4 Å². The van der Waals surface area contributed by atoms with E-state index < -0.39 is 5.54 Å². The molecule has 7 heteroatoms. The molecule has 2 aromatic rings. The first kappa shape index (κ1) is 11.8. The molecule has 0 radical (unpaired) electrons. The van der Waals surface area contributed by atoms with E-state index in [0.29, 0.717) is 11.4 Å². The van der Waals surface area contributed by atoms with Gasteiger partial charge in [-0.05, 0) is 30.2 Å². The summed E-state index contributed by atoms with van der Waals surface area (Å²) in [6, 6.07) is 6.93. The van der Waals surface area contributed by atoms with Crippen molar-refractivity contribution >= 4 is 5.91 Å². The first-order valence-corrected chi connectivity index (χ1v) is 6.00. The number of nitrogens with zero attached hydrogens (tertiary/aromatic N) is 3. The summed E-state index contributed by atoms with van der Waals surface area (Å²) in [5, 5.41) is 25.6. The highest BCUT2D eigenvalue weighted by molar-refractivity contribution is 5.95. The molecule has 98 valence electrons. The van der Waals surface area contributed by atoms with Crippen molar-refractivity contribution in [2.75, 3.05) is 6.61 Å². The molecular formula is C12H13N5O2. The number of hydrogen-bond donors (Lipinski definition) is 3. The van der Waals surface area contributed by atoms with Crippen LogP contribution in [-0.4, -0.2) is 43.8 Å². The van der Waals surface area contributed by atoms with Crippen LogP contribution in [0.5, 0.6) is 0 Å². The number of H-pyrrole nitrogens is 1. The Morgan fingerprint density at radius 3 is 2.63 bits per heavy atom. The average molecular weight is 259 g/mol. The summed E-state index contributed by atoms with van der Waals surface area (Å²) in [6.07, 6.45) is 1.66. The zero-order valence-electron chi connectivity index (χ0n) is 10.1. The van der Waals surface area contributed by atoms with Gasteiger partial charge >= 0.3 is 0 Å². The molecule has 3 N–H and O–H groups in total. The number of aromatic amines is 1. The number of amides is 1. The van der Waals surface area contributed by atoms with E-state index in [9.17, 15) is 9.90 Å². The summed E-state index contributed by atoms with van der Waals surface area (Å²) >= 11 is 0. The van der Waals surface area contributed by atoms with Crippen molar-refractivity contribution in [2.24, 2.45) is 0 Å². The predicted octanol–water partition coefficient (Wildman–Crippen LogP) is 0.121. The molecule has 1 amide bonds. The predicted molar refractivity (Wildman–Crippen MR) is 66.1 cm³/mol. The molecule has 0 atom stereocenters. The monoisotopic (exact) mass is 259 g/mol. The maximum Gasteiger partial charge on any atom is 0.251 e. The number of aliphatic hydroxyl groups is 1. The van der Waals surface area contributed by atoms with Gasteiger partial charge in [0.2, 0.25) is 5.82 Å². The Morgan fingerprint density at radius 2 is 2.11 bits per heavy atom. The van der Waals surface area contributed by atoms with Gasteiger partial charge in [0.25, 0.3) is 5.91 Å². The lowest BCUT2D eigenvalue weighted by Crippen LogP contribution is -2.39. The number of benzene rings is 1. The molecule has 0 saturated heterocycles. The van der Waals surface area contributed by atoms with Crippen molar-refractivity contribution < 1.29 is 9.90 Å². The normalized spacial score (nSPS) is 16.1. The summed E-state index contributed by atoms with van der Waals surface area (Å²) < 4.78 is 0. The van der Waals surface area contributed by atoms with Gasteiger partial charge in [0, 0.05) is 11.1 Å². The molecule has 0 bridgehead atoms. The third-order valence-corrected chi connectivity index (χ3v) is 3.29. The zero-order chi connectivity index (χ0) is 13.3. The molecule has 1 heterocycles. The molecule has 1 aliphatic rings. The molecule has 1 aliphatic carbocycles. The highest BCUT2D eigenvalue weighted by Crippen LogP contribution is 2.34. The van der Waals surface area contributed by atoms with Crippen LogP contribution in [0.2, 0.25) is 0 Å². The van der Waals surface area contributed by atoms with Crippen LogP contribution in [0.1, 0.15) is 23.2 Å². The van der Waals surface area contributed by atoms with Crippen molar-refractivity contribution in [1.82, 2.24) is 25.9 Å². The van der Waals surface area contributed by atoms with Gasteiger partial charge in [-0.3, -0.25) is 4.79 Å². The summed E-state index contributed by atoms with van der Waals surface area (Å²) in [7, 11) is 0. The van der Waals surface area contributed by atoms with Crippen molar-refractivity contribution in [3.63, 3.8) is 0 Å². The van der Waals surface area contributed by atoms with Gasteiger partial charge in [0.15, 0.2) is 0 Å². The summed E-state index contributed by atoms with van der Waals surface area (Å²) in [4.78, 5) is 12.0. The van der Waals surface area contributed by atoms with Crippen molar-refractivity contribution in [3.05, 3.63) is 29.8 Å². The number of carbonyl (C=O) groups excluding carboxylic acids is 1. The maximum absolute atomic E-state index is 12.0. The molecule has 1 fully saturated rings. The molecule has 1 aromatic carbocycles. The van der Waals surface area contributed by atoms with Gasteiger partial charge in [-0.1, -0.05) is 12.1 Å². The number of aromatic nitrogens is 4. The van der Waals surface area contributed by atoms with Gasteiger partial charge in [0.1, 0.15) is 0 Å². The summed E-state index contributed by atoms with van der Waals surface area (Å²) in [6.45, 7) is -0.0142. The van der Waals surface area contributed by atoms with Crippen LogP contribution in [0.4, 0.5) is 0 Å². The van der Waals surface area contributed by atoms with Crippen LogP contribution in [-0.2, 0) is 0 Å². The Balaban J connectivity index is 1.74. The topological polar surface area (TPSA) is 104 Å². The fraction of sp³-hybridized carbons (Fsp3) is 0.333. The summed E-state index contributed by atoms with van der Waals surface area (Å²) in [5.74, 6) is 0.312. The highest BCUT2D eigenvalue weighted by Gasteiger charge is 2.43. The molecule has 19 heavy (non-hydrogen) atoms. The van der Waals surface area contributed by atoms with E-state index in [4.69, 9.17) is 0 Å². The fourth-order valence-electron chi connectivity index (χ4n) is 1.84. The second-order valence-corrected chi connectivity index (χ2v) is 4.71. The van der Waals surface area contributed by atoms with Gasteiger partial charge < -0.3 is 10.4 Å². The number of tetrazole rings is 1. The Bertz CT molecular complexity index is 575. The first-order chi connectivity index (χ1) is 9.22. The standard InChI is InChI=1S/C12H13N5O2/c18-7-12(5-6-12)13-11(19)9-3-1-8(2-4-9)10-14-16-17-15-10/h1-4,18H,5-7H2,(H,13,19)(H,14,15,16,17). The van der Waals surface area contributed by atoms with Gasteiger partial charge in [-0.15, -0.1) is 10.2 Å². The smallest absolute Gasteiger partial charge is 0.251 e. The third-order valence-electron chi connectivity index (χ3n) is 3.29. The second-order valence-electron chi connectivity index (χ2n) is 4.71. The molecule has 0 aliphatic heterocycles. The van der Waals surface area contributed by atoms with Crippen LogP contribution in [0, 0.1) is 0 Å². The molecule has 0 unspecified atom stereocenters. The second kappa shape index (κ2) is 4.43. The number of nitrogens with one attached hydrogen (secondary N) is 2. The molecule has 1 saturated carbocycles. The Morgan fingerprint density at radius 1 is 1.37 bits per heavy atom. The van der Waals surface area contributed by atoms with E-state index in [1.54, 1.807) is 24.3 Å². The van der Waals surface area contributed by atoms with Crippen LogP contribution in [0.3, 0.4) is 0 Å². The first-order valence-electron chi connectivity index (χ1n) is 6.00. The van der Waals surface area contributed by atoms with E-state index in [0.717, 1.165) is 18.4 Å². The number of rotatable bonds is 4. The maximum atomic E-state index is 12.0. The van der Waals surface area contributed by atoms with Gasteiger partial charge in [-0.2, -0.15) is 5.21 Å². The minimum Gasteiger partial charge on any atom is -0.394 e. The minimum absolute atomic E-state index is 0.0142. The van der Waals surface area contributed by atoms with E-state index in [1.807, 2.05) is 0 Å². The van der Waals surface area contributed by atoms with Crippen LogP contribution in [0.15, 0.2) is 24.3 Å². The number of hydrogen-bond acceptors (Lipinski definition) is 5.